The second-order valence-corrected chi connectivity index (χ2v) is 7.21. The molecule has 1 N–H and O–H groups in total. The van der Waals surface area contributed by atoms with Gasteiger partial charge in [-0.05, 0) is 43.0 Å². The van der Waals surface area contributed by atoms with E-state index in [0.29, 0.717) is 31.8 Å². The number of rotatable bonds is 4. The molecule has 2 aromatic carbocycles. The van der Waals surface area contributed by atoms with Crippen molar-refractivity contribution in [3.63, 3.8) is 0 Å². The summed E-state index contributed by atoms with van der Waals surface area (Å²) >= 11 is 0. The smallest absolute Gasteiger partial charge is 0.260 e. The van der Waals surface area contributed by atoms with Crippen LogP contribution < -0.4 is 4.74 Å². The van der Waals surface area contributed by atoms with Gasteiger partial charge in [0.1, 0.15) is 6.33 Å². The number of nitrogens with zero attached hydrogens (tertiary/aromatic N) is 3. The van der Waals surface area contributed by atoms with Gasteiger partial charge in [0, 0.05) is 13.1 Å². The Morgan fingerprint density at radius 2 is 1.82 bits per heavy atom. The van der Waals surface area contributed by atoms with Crippen LogP contribution in [-0.4, -0.2) is 45.6 Å². The summed E-state index contributed by atoms with van der Waals surface area (Å²) in [5.41, 5.74) is 1.92. The average molecular weight is 377 g/mol. The highest BCUT2D eigenvalue weighted by atomic mass is 16.5. The summed E-state index contributed by atoms with van der Waals surface area (Å²) in [6.45, 7) is 2.92. The normalized spacial score (nSPS) is 16.1. The molecule has 0 atom stereocenters. The zero-order valence-corrected chi connectivity index (χ0v) is 15.8. The highest BCUT2D eigenvalue weighted by Crippen LogP contribution is 2.34. The van der Waals surface area contributed by atoms with Crippen LogP contribution in [0.25, 0.3) is 10.9 Å². The third-order valence-corrected chi connectivity index (χ3v) is 5.43. The molecule has 28 heavy (non-hydrogen) atoms. The molecule has 1 aliphatic heterocycles. The van der Waals surface area contributed by atoms with Gasteiger partial charge in [0.25, 0.3) is 5.91 Å². The van der Waals surface area contributed by atoms with Crippen LogP contribution in [0.2, 0.25) is 0 Å². The van der Waals surface area contributed by atoms with Crippen molar-refractivity contribution >= 4 is 16.8 Å². The largest absolute Gasteiger partial charge is 0.467 e. The molecule has 1 amide bonds. The topological polar surface area (TPSA) is 75.5 Å². The minimum Gasteiger partial charge on any atom is -0.467 e. The zero-order chi connectivity index (χ0) is 19.6. The third kappa shape index (κ3) is 3.55. The van der Waals surface area contributed by atoms with Crippen LogP contribution in [0.3, 0.4) is 0 Å². The molecule has 0 unspecified atom stereocenters. The lowest BCUT2D eigenvalue weighted by Gasteiger charge is -2.39. The van der Waals surface area contributed by atoms with Gasteiger partial charge in [0.15, 0.2) is 6.61 Å². The number of likely N-dealkylation sites (tertiary alicyclic amines) is 1. The summed E-state index contributed by atoms with van der Waals surface area (Å²) in [4.78, 5) is 22.7. The fourth-order valence-electron chi connectivity index (χ4n) is 3.81. The van der Waals surface area contributed by atoms with Gasteiger partial charge in [-0.2, -0.15) is 0 Å². The van der Waals surface area contributed by atoms with Crippen LogP contribution in [-0.2, 0) is 10.4 Å². The molecule has 0 radical (unpaired) electrons. The maximum absolute atomic E-state index is 12.6. The van der Waals surface area contributed by atoms with Gasteiger partial charge in [0.2, 0.25) is 5.88 Å². The summed E-state index contributed by atoms with van der Waals surface area (Å²) in [6, 6.07) is 15.4. The average Bonchev–Trinajstić information content (AvgIpc) is 2.72. The van der Waals surface area contributed by atoms with E-state index in [1.165, 1.54) is 6.33 Å². The molecule has 1 fully saturated rings. The van der Waals surface area contributed by atoms with Crippen LogP contribution in [0, 0.1) is 6.92 Å². The van der Waals surface area contributed by atoms with E-state index in [2.05, 4.69) is 9.97 Å². The number of hydrogen-bond donors (Lipinski definition) is 1. The molecule has 1 saturated heterocycles. The lowest BCUT2D eigenvalue weighted by molar-refractivity contribution is -0.138. The Kier molecular flexibility index (Phi) is 4.96. The fraction of sp³-hybridized carbons (Fsp3) is 0.318. The van der Waals surface area contributed by atoms with Gasteiger partial charge < -0.3 is 14.7 Å². The van der Waals surface area contributed by atoms with Gasteiger partial charge in [0.05, 0.1) is 16.5 Å². The van der Waals surface area contributed by atoms with Gasteiger partial charge in [-0.3, -0.25) is 4.79 Å². The van der Waals surface area contributed by atoms with Crippen LogP contribution in [0.4, 0.5) is 0 Å². The molecule has 3 aromatic rings. The Labute approximate surface area is 163 Å². The molecular weight excluding hydrogens is 354 g/mol. The number of carbonyl (C=O) groups excluding carboxylic acids is 1. The third-order valence-electron chi connectivity index (χ3n) is 5.43. The number of ether oxygens (including phenoxy) is 1. The molecule has 6 nitrogen and oxygen atoms in total. The molecule has 2 heterocycles. The number of benzene rings is 2. The summed E-state index contributed by atoms with van der Waals surface area (Å²) in [5.74, 6) is 0.307. The molecule has 4 rings (SSSR count). The Morgan fingerprint density at radius 1 is 1.11 bits per heavy atom. The number of amides is 1. The lowest BCUT2D eigenvalue weighted by Crippen LogP contribution is -2.46. The predicted octanol–water partition coefficient (Wildman–Crippen LogP) is 2.83. The van der Waals surface area contributed by atoms with Crippen molar-refractivity contribution in [2.45, 2.75) is 25.4 Å². The Balaban J connectivity index is 1.39. The maximum Gasteiger partial charge on any atom is 0.260 e. The molecule has 1 aromatic heterocycles. The first-order chi connectivity index (χ1) is 13.6. The van der Waals surface area contributed by atoms with Crippen molar-refractivity contribution in [1.82, 2.24) is 14.9 Å². The number of aliphatic hydroxyl groups is 1. The predicted molar refractivity (Wildman–Crippen MR) is 106 cm³/mol. The van der Waals surface area contributed by atoms with E-state index in [4.69, 9.17) is 4.74 Å². The number of aryl methyl sites for hydroxylation is 1. The van der Waals surface area contributed by atoms with Crippen LogP contribution in [0.5, 0.6) is 5.88 Å². The number of para-hydroxylation sites is 1. The second-order valence-electron chi connectivity index (χ2n) is 7.21. The highest BCUT2D eigenvalue weighted by Gasteiger charge is 2.36. The van der Waals surface area contributed by atoms with Crippen LogP contribution >= 0.6 is 0 Å². The molecular formula is C22H23N3O3. The molecule has 0 spiro atoms. The quantitative estimate of drug-likeness (QED) is 0.757. The Hall–Kier alpha value is -2.99. The van der Waals surface area contributed by atoms with Crippen LogP contribution in [0.1, 0.15) is 24.0 Å². The van der Waals surface area contributed by atoms with E-state index in [1.54, 1.807) is 4.90 Å². The number of piperidine rings is 1. The minimum atomic E-state index is -0.883. The van der Waals surface area contributed by atoms with Crippen LogP contribution in [0.15, 0.2) is 54.9 Å². The van der Waals surface area contributed by atoms with Crippen molar-refractivity contribution in [1.29, 1.82) is 0 Å². The van der Waals surface area contributed by atoms with E-state index in [1.807, 2.05) is 55.5 Å². The van der Waals surface area contributed by atoms with E-state index in [-0.39, 0.29) is 12.5 Å². The number of hydrogen-bond acceptors (Lipinski definition) is 5. The number of aromatic nitrogens is 2. The highest BCUT2D eigenvalue weighted by molar-refractivity contribution is 5.84. The van der Waals surface area contributed by atoms with E-state index in [0.717, 1.165) is 22.0 Å². The van der Waals surface area contributed by atoms with Gasteiger partial charge >= 0.3 is 0 Å². The van der Waals surface area contributed by atoms with Gasteiger partial charge in [-0.1, -0.05) is 36.4 Å². The van der Waals surface area contributed by atoms with E-state index < -0.39 is 5.60 Å². The summed E-state index contributed by atoms with van der Waals surface area (Å²) < 4.78 is 5.69. The molecule has 0 aliphatic carbocycles. The first-order valence-electron chi connectivity index (χ1n) is 9.46. The standard InChI is InChI=1S/C22H23N3O3/c1-16-6-2-4-8-18(16)22(27)10-12-25(13-11-22)20(26)14-28-21-17-7-3-5-9-19(17)23-15-24-21/h2-9,15,27H,10-14H2,1H3. The Morgan fingerprint density at radius 3 is 2.61 bits per heavy atom. The van der Waals surface area contributed by atoms with E-state index in [9.17, 15) is 9.90 Å². The summed E-state index contributed by atoms with van der Waals surface area (Å²) in [5, 5.41) is 11.8. The summed E-state index contributed by atoms with van der Waals surface area (Å²) in [6.07, 6.45) is 2.46. The number of fused-ring (bicyclic) bond motifs is 1. The first-order valence-corrected chi connectivity index (χ1v) is 9.46. The maximum atomic E-state index is 12.6. The minimum absolute atomic E-state index is 0.0796. The molecule has 144 valence electrons. The number of carbonyl (C=O) groups is 1. The van der Waals surface area contributed by atoms with Gasteiger partial charge in [-0.15, -0.1) is 0 Å². The molecule has 0 saturated carbocycles. The van der Waals surface area contributed by atoms with Crippen molar-refractivity contribution in [2.75, 3.05) is 19.7 Å². The van der Waals surface area contributed by atoms with Crippen molar-refractivity contribution in [3.8, 4) is 5.88 Å². The lowest BCUT2D eigenvalue weighted by atomic mass is 9.82. The van der Waals surface area contributed by atoms with Gasteiger partial charge in [-0.25, -0.2) is 9.97 Å². The van der Waals surface area contributed by atoms with Crippen molar-refractivity contribution in [3.05, 3.63) is 66.0 Å². The molecule has 6 heteroatoms. The summed E-state index contributed by atoms with van der Waals surface area (Å²) in [7, 11) is 0. The van der Waals surface area contributed by atoms with E-state index >= 15 is 0 Å². The van der Waals surface area contributed by atoms with Crippen molar-refractivity contribution in [2.24, 2.45) is 0 Å². The SMILES string of the molecule is Cc1ccccc1C1(O)CCN(C(=O)COc2ncnc3ccccc23)CC1. The fourth-order valence-corrected chi connectivity index (χ4v) is 3.81. The molecule has 0 bridgehead atoms. The Bertz CT molecular complexity index is 992. The second kappa shape index (κ2) is 7.56. The van der Waals surface area contributed by atoms with Crippen molar-refractivity contribution < 1.29 is 14.6 Å². The zero-order valence-electron chi connectivity index (χ0n) is 15.8. The molecule has 1 aliphatic rings. The monoisotopic (exact) mass is 377 g/mol. The first kappa shape index (κ1) is 18.4.